The molecule has 1 aromatic carbocycles. The summed E-state index contributed by atoms with van der Waals surface area (Å²) in [5, 5.41) is 9.06. The van der Waals surface area contributed by atoms with Crippen LogP contribution in [0.25, 0.3) is 0 Å². The summed E-state index contributed by atoms with van der Waals surface area (Å²) >= 11 is 2.80. The normalized spacial score (nSPS) is 11.2. The van der Waals surface area contributed by atoms with Crippen LogP contribution >= 0.6 is 15.9 Å². The number of anilines is 1. The Morgan fingerprint density at radius 2 is 2.00 bits per heavy atom. The number of halogens is 4. The molecular weight excluding hydrogens is 393 g/mol. The van der Waals surface area contributed by atoms with Crippen molar-refractivity contribution >= 4 is 27.8 Å². The minimum Gasteiger partial charge on any atom is -0.390 e. The van der Waals surface area contributed by atoms with E-state index in [1.165, 1.54) is 6.07 Å². The first-order valence-electron chi connectivity index (χ1n) is 6.59. The largest absolute Gasteiger partial charge is 0.417 e. The Bertz CT molecular complexity index is 768. The first kappa shape index (κ1) is 18.1. The molecule has 0 aliphatic heterocycles. The van der Waals surface area contributed by atoms with E-state index in [2.05, 4.69) is 36.7 Å². The molecule has 3 N–H and O–H groups in total. The molecule has 24 heavy (non-hydrogen) atoms. The fourth-order valence-electron chi connectivity index (χ4n) is 1.84. The summed E-state index contributed by atoms with van der Waals surface area (Å²) in [5.41, 5.74) is 4.36. The number of carbonyl (C=O) groups is 1. The van der Waals surface area contributed by atoms with Gasteiger partial charge < -0.3 is 5.11 Å². The van der Waals surface area contributed by atoms with Crippen LogP contribution < -0.4 is 10.9 Å². The van der Waals surface area contributed by atoms with Gasteiger partial charge in [-0.15, -0.1) is 0 Å². The van der Waals surface area contributed by atoms with Crippen molar-refractivity contribution in [1.29, 1.82) is 0 Å². The van der Waals surface area contributed by atoms with E-state index < -0.39 is 17.6 Å². The zero-order valence-electron chi connectivity index (χ0n) is 12.3. The first-order valence-corrected chi connectivity index (χ1v) is 7.38. The number of nitrogens with one attached hydrogen (secondary N) is 2. The Morgan fingerprint density at radius 3 is 2.62 bits per heavy atom. The van der Waals surface area contributed by atoms with Gasteiger partial charge in [0.2, 0.25) is 5.95 Å². The number of aromatic nitrogens is 2. The van der Waals surface area contributed by atoms with E-state index in [1.807, 2.05) is 0 Å². The van der Waals surface area contributed by atoms with E-state index in [4.69, 9.17) is 5.11 Å². The van der Waals surface area contributed by atoms with E-state index >= 15 is 0 Å². The molecule has 0 radical (unpaired) electrons. The SMILES string of the molecule is Cc1cc(CO)nc(NNC(=O)c2ccc(Br)c(C(F)(F)F)c2)n1. The zero-order valence-corrected chi connectivity index (χ0v) is 13.9. The Labute approximate surface area is 143 Å². The van der Waals surface area contributed by atoms with Crippen molar-refractivity contribution in [3.8, 4) is 0 Å². The molecule has 0 saturated carbocycles. The highest BCUT2D eigenvalue weighted by Gasteiger charge is 2.33. The molecule has 2 aromatic rings. The van der Waals surface area contributed by atoms with Crippen molar-refractivity contribution in [3.63, 3.8) is 0 Å². The van der Waals surface area contributed by atoms with Gasteiger partial charge in [-0.2, -0.15) is 13.2 Å². The monoisotopic (exact) mass is 404 g/mol. The number of hydrogen-bond donors (Lipinski definition) is 3. The van der Waals surface area contributed by atoms with Crippen molar-refractivity contribution in [2.45, 2.75) is 19.7 Å². The lowest BCUT2D eigenvalue weighted by Crippen LogP contribution is -2.30. The number of amides is 1. The topological polar surface area (TPSA) is 87.1 Å². The van der Waals surface area contributed by atoms with Crippen LogP contribution in [0.2, 0.25) is 0 Å². The maximum Gasteiger partial charge on any atom is 0.417 e. The van der Waals surface area contributed by atoms with Gasteiger partial charge in [-0.25, -0.2) is 9.97 Å². The maximum atomic E-state index is 12.8. The predicted octanol–water partition coefficient (Wildman–Crippen LogP) is 2.82. The summed E-state index contributed by atoms with van der Waals surface area (Å²) < 4.78 is 38.4. The quantitative estimate of drug-likeness (QED) is 0.682. The summed E-state index contributed by atoms with van der Waals surface area (Å²) in [6.07, 6.45) is -4.59. The van der Waals surface area contributed by atoms with Crippen molar-refractivity contribution in [3.05, 3.63) is 51.3 Å². The molecule has 0 bridgehead atoms. The molecule has 1 heterocycles. The molecule has 0 aliphatic rings. The third-order valence-electron chi connectivity index (χ3n) is 2.89. The van der Waals surface area contributed by atoms with E-state index in [0.29, 0.717) is 11.4 Å². The van der Waals surface area contributed by atoms with Gasteiger partial charge in [-0.3, -0.25) is 15.6 Å². The third kappa shape index (κ3) is 4.42. The highest BCUT2D eigenvalue weighted by atomic mass is 79.9. The number of alkyl halides is 3. The first-order chi connectivity index (χ1) is 11.2. The Morgan fingerprint density at radius 1 is 1.29 bits per heavy atom. The van der Waals surface area contributed by atoms with Crippen LogP contribution in [-0.2, 0) is 12.8 Å². The van der Waals surface area contributed by atoms with Crippen LogP contribution in [0, 0.1) is 6.92 Å². The van der Waals surface area contributed by atoms with Crippen LogP contribution in [0.5, 0.6) is 0 Å². The number of nitrogens with zero attached hydrogens (tertiary/aromatic N) is 2. The second kappa shape index (κ2) is 7.14. The van der Waals surface area contributed by atoms with Crippen LogP contribution in [-0.4, -0.2) is 21.0 Å². The number of aliphatic hydroxyl groups excluding tert-OH is 1. The van der Waals surface area contributed by atoms with E-state index in [0.717, 1.165) is 12.1 Å². The number of aliphatic hydroxyl groups is 1. The van der Waals surface area contributed by atoms with E-state index in [-0.39, 0.29) is 22.6 Å². The molecule has 128 valence electrons. The molecule has 1 amide bonds. The lowest BCUT2D eigenvalue weighted by molar-refractivity contribution is -0.138. The van der Waals surface area contributed by atoms with E-state index in [9.17, 15) is 18.0 Å². The summed E-state index contributed by atoms with van der Waals surface area (Å²) in [5.74, 6) is -0.774. The molecule has 6 nitrogen and oxygen atoms in total. The Kier molecular flexibility index (Phi) is 5.40. The number of hydrogen-bond acceptors (Lipinski definition) is 5. The molecule has 0 spiro atoms. The zero-order chi connectivity index (χ0) is 17.9. The predicted molar refractivity (Wildman–Crippen MR) is 82.9 cm³/mol. The summed E-state index contributed by atoms with van der Waals surface area (Å²) in [6.45, 7) is 1.35. The van der Waals surface area contributed by atoms with Crippen molar-refractivity contribution in [2.75, 3.05) is 5.43 Å². The number of rotatable bonds is 4. The fraction of sp³-hybridized carbons (Fsp3) is 0.214. The Balaban J connectivity index is 2.15. The molecule has 1 aromatic heterocycles. The second-order valence-electron chi connectivity index (χ2n) is 4.75. The highest BCUT2D eigenvalue weighted by molar-refractivity contribution is 9.10. The fourth-order valence-corrected chi connectivity index (χ4v) is 2.31. The van der Waals surface area contributed by atoms with E-state index in [1.54, 1.807) is 13.0 Å². The number of aryl methyl sites for hydroxylation is 1. The lowest BCUT2D eigenvalue weighted by atomic mass is 10.1. The summed E-state index contributed by atoms with van der Waals surface area (Å²) in [6, 6.07) is 4.67. The third-order valence-corrected chi connectivity index (χ3v) is 3.58. The minimum absolute atomic E-state index is 0.0144. The molecule has 10 heteroatoms. The molecule has 0 unspecified atom stereocenters. The minimum atomic E-state index is -4.59. The van der Waals surface area contributed by atoms with Gasteiger partial charge in [0.05, 0.1) is 17.9 Å². The van der Waals surface area contributed by atoms with Gasteiger partial charge in [0.1, 0.15) is 0 Å². The average Bonchev–Trinajstić information content (AvgIpc) is 2.51. The van der Waals surface area contributed by atoms with Crippen molar-refractivity contribution in [1.82, 2.24) is 15.4 Å². The van der Waals surface area contributed by atoms with Crippen LogP contribution in [0.15, 0.2) is 28.7 Å². The van der Waals surface area contributed by atoms with Gasteiger partial charge in [-0.05, 0) is 31.2 Å². The molecule has 0 aliphatic carbocycles. The van der Waals surface area contributed by atoms with Gasteiger partial charge in [-0.1, -0.05) is 15.9 Å². The molecular formula is C14H12BrF3N4O2. The maximum absolute atomic E-state index is 12.8. The van der Waals surface area contributed by atoms with Gasteiger partial charge in [0.15, 0.2) is 0 Å². The van der Waals surface area contributed by atoms with Crippen LogP contribution in [0.1, 0.15) is 27.3 Å². The molecule has 0 atom stereocenters. The van der Waals surface area contributed by atoms with Gasteiger partial charge in [0.25, 0.3) is 5.91 Å². The van der Waals surface area contributed by atoms with Crippen molar-refractivity contribution < 1.29 is 23.1 Å². The second-order valence-corrected chi connectivity index (χ2v) is 5.61. The van der Waals surface area contributed by atoms with Crippen LogP contribution in [0.3, 0.4) is 0 Å². The summed E-state index contributed by atoms with van der Waals surface area (Å²) in [7, 11) is 0. The molecule has 0 fully saturated rings. The van der Waals surface area contributed by atoms with Crippen LogP contribution in [0.4, 0.5) is 19.1 Å². The highest BCUT2D eigenvalue weighted by Crippen LogP contribution is 2.35. The van der Waals surface area contributed by atoms with Gasteiger partial charge >= 0.3 is 6.18 Å². The standard InChI is InChI=1S/C14H12BrF3N4O2/c1-7-4-9(6-23)20-13(19-7)22-21-12(24)8-2-3-11(15)10(5-8)14(16,17)18/h2-5,23H,6H2,1H3,(H,21,24)(H,19,20,22). The number of hydrazine groups is 1. The summed E-state index contributed by atoms with van der Waals surface area (Å²) in [4.78, 5) is 19.9. The Hall–Kier alpha value is -2.20. The lowest BCUT2D eigenvalue weighted by Gasteiger charge is -2.12. The average molecular weight is 405 g/mol. The number of carbonyl (C=O) groups excluding carboxylic acids is 1. The molecule has 2 rings (SSSR count). The number of benzene rings is 1. The molecule has 0 saturated heterocycles. The van der Waals surface area contributed by atoms with Crippen molar-refractivity contribution in [2.24, 2.45) is 0 Å². The smallest absolute Gasteiger partial charge is 0.390 e. The van der Waals surface area contributed by atoms with Gasteiger partial charge in [0, 0.05) is 15.7 Å².